The summed E-state index contributed by atoms with van der Waals surface area (Å²) in [5.74, 6) is -0.792. The number of alkyl halides is 4. The van der Waals surface area contributed by atoms with Crippen LogP contribution in [0.25, 0.3) is 0 Å². The van der Waals surface area contributed by atoms with Crippen molar-refractivity contribution in [3.05, 3.63) is 181 Å². The summed E-state index contributed by atoms with van der Waals surface area (Å²) < 4.78 is 104. The quantitative estimate of drug-likeness (QED) is 0.0247. The molecule has 4 atom stereocenters. The van der Waals surface area contributed by atoms with E-state index in [1.165, 1.54) is 120 Å². The minimum absolute atomic E-state index is 0. The predicted molar refractivity (Wildman–Crippen MR) is 472 cm³/mol. The van der Waals surface area contributed by atoms with E-state index in [-0.39, 0.29) is 137 Å². The smallest absolute Gasteiger partial charge is 0.377 e. The maximum Gasteiger partial charge on any atom is 0.377 e. The van der Waals surface area contributed by atoms with Gasteiger partial charge >= 0.3 is 78.1 Å². The van der Waals surface area contributed by atoms with Gasteiger partial charge in [0, 0.05) is 48.6 Å². The Hall–Kier alpha value is -6.83. The summed E-state index contributed by atoms with van der Waals surface area (Å²) in [6.07, 6.45) is 19.0. The fraction of sp³-hybridized carbons (Fsp3) is 0.604. The highest BCUT2D eigenvalue weighted by Gasteiger charge is 2.62. The van der Waals surface area contributed by atoms with Crippen molar-refractivity contribution in [2.24, 2.45) is 82.9 Å². The van der Waals surface area contributed by atoms with E-state index < -0.39 is 35.0 Å². The number of quaternary nitrogens is 1. The van der Waals surface area contributed by atoms with E-state index in [0.29, 0.717) is 113 Å². The zero-order chi connectivity index (χ0) is 90.9. The summed E-state index contributed by atoms with van der Waals surface area (Å²) >= 11 is -0.473. The van der Waals surface area contributed by atoms with Gasteiger partial charge in [-0.05, 0) is 354 Å². The maximum absolute atomic E-state index is 12.9. The summed E-state index contributed by atoms with van der Waals surface area (Å²) in [6, 6.07) is 46.7. The molecule has 6 aromatic carbocycles. The third kappa shape index (κ3) is 24.0. The molecule has 16 fully saturated rings. The van der Waals surface area contributed by atoms with Gasteiger partial charge in [-0.25, -0.2) is 19.2 Å². The van der Waals surface area contributed by atoms with E-state index >= 15 is 0 Å². The van der Waals surface area contributed by atoms with E-state index in [0.717, 1.165) is 72.0 Å². The standard InChI is InChI=1S/2C37H44IO4.2C13H16F2O3.C6H15N.ClH/c2*1-24-16-33(14-15-34(24)38-31-10-8-28(9-11-31)36(2,3)4)40-22-25-6-12-32(13-7-25)41-23-35(39)42-37(5)29-18-26-17-27(20-29)21-30(37)19-26;2*1-12(14,15)11(17)18-13-4-7-2-8(5-13)10(16)9(3-7)6-13;1-4-7(5-2)6-3;/h2*6-16,26-27,29-30H,17-23H2,1-5H3;2*7-9H,2-6H2,1H3;4-6H2,1-3H3;1H/q2*+1;;;;. The lowest BCUT2D eigenvalue weighted by Crippen LogP contribution is -3.61. The van der Waals surface area contributed by atoms with Gasteiger partial charge in [-0.15, -0.1) is 0 Å². The fourth-order valence-corrected chi connectivity index (χ4v) is 28.6. The number of Topliss-reactive ketones (excluding diaryl/α,β-unsaturated/α-hetero) is 2. The normalized spacial score (nSPS) is 29.6. The van der Waals surface area contributed by atoms with Gasteiger partial charge in [-0.2, -0.15) is 17.6 Å². The van der Waals surface area contributed by atoms with Gasteiger partial charge in [0.25, 0.3) is 0 Å². The lowest BCUT2D eigenvalue weighted by atomic mass is 9.50. The second kappa shape index (κ2) is 40.5. The first-order chi connectivity index (χ1) is 60.0. The van der Waals surface area contributed by atoms with Crippen molar-refractivity contribution in [3.8, 4) is 23.0 Å². The van der Waals surface area contributed by atoms with Crippen LogP contribution in [-0.4, -0.2) is 103 Å². The average molecular weight is 2010 g/mol. The summed E-state index contributed by atoms with van der Waals surface area (Å²) in [5, 5.41) is 0. The SMILES string of the molecule is CC(F)(F)C(=O)OC12CC3CC(C1)C(=O)C(C3)C2.CC(F)(F)C(=O)OC12CC3CC(C1)C(=O)C(C3)C2.CC[NH+](CC)CC.Cc1cc(OCc2ccc(OCC(=O)OC3(C)C4CC5CC(C4)CC3C5)cc2)ccc1[I+]c1ccc(C(C)(C)C)cc1.Cc1cc(OCc2ccc(OCC(=O)OC3(C)C4CC5CC(C4)CC3C5)cc2)ccc1[I+]c1ccc(C(C)(C)C)cc1.[Cl-]. The second-order valence-corrected chi connectivity index (χ2v) is 48.0. The van der Waals surface area contributed by atoms with Gasteiger partial charge in [0.15, 0.2) is 27.5 Å². The zero-order valence-electron chi connectivity index (χ0n) is 77.7. The predicted octanol–water partition coefficient (Wildman–Crippen LogP) is 11.9. The van der Waals surface area contributed by atoms with Crippen molar-refractivity contribution in [2.45, 2.75) is 291 Å². The molecule has 0 saturated heterocycles. The Bertz CT molecular complexity index is 4460. The van der Waals surface area contributed by atoms with Gasteiger partial charge in [0.1, 0.15) is 70.2 Å². The molecule has 0 aromatic heterocycles. The van der Waals surface area contributed by atoms with Gasteiger partial charge in [0.05, 0.1) is 19.6 Å². The van der Waals surface area contributed by atoms with Gasteiger partial charge < -0.3 is 55.2 Å². The molecule has 696 valence electrons. The van der Waals surface area contributed by atoms with Crippen LogP contribution >= 0.6 is 0 Å². The third-order valence-electron chi connectivity index (χ3n) is 30.4. The van der Waals surface area contributed by atoms with E-state index in [9.17, 15) is 46.3 Å². The number of carbonyl (C=O) groups is 6. The zero-order valence-corrected chi connectivity index (χ0v) is 82.8. The monoisotopic (exact) mass is 2010 g/mol. The van der Waals surface area contributed by atoms with Crippen molar-refractivity contribution in [1.29, 1.82) is 0 Å². The summed E-state index contributed by atoms with van der Waals surface area (Å²) in [5.41, 5.74) is 5.56. The molecule has 0 aliphatic heterocycles. The number of benzene rings is 6. The van der Waals surface area contributed by atoms with Crippen molar-refractivity contribution >= 4 is 35.4 Å². The lowest BCUT2D eigenvalue weighted by Gasteiger charge is -2.59. The van der Waals surface area contributed by atoms with Gasteiger partial charge in [-0.3, -0.25) is 9.59 Å². The lowest BCUT2D eigenvalue weighted by molar-refractivity contribution is -0.894. The number of esters is 4. The number of aryl methyl sites for hydroxylation is 2. The molecule has 0 heterocycles. The van der Waals surface area contributed by atoms with Crippen LogP contribution in [0.1, 0.15) is 252 Å². The maximum atomic E-state index is 12.9. The molecule has 16 aliphatic rings. The first kappa shape index (κ1) is 98.7. The van der Waals surface area contributed by atoms with Crippen LogP contribution in [0.15, 0.2) is 133 Å². The molecule has 15 nitrogen and oxygen atoms in total. The molecule has 22 heteroatoms. The number of ketones is 2. The third-order valence-corrected chi connectivity index (χ3v) is 36.6. The average Bonchev–Trinajstić information content (AvgIpc) is 0.733. The molecular formula is C106H136ClF4I2NO14+2. The van der Waals surface area contributed by atoms with Gasteiger partial charge in [-0.1, -0.05) is 90.1 Å². The number of ether oxygens (including phenoxy) is 8. The number of halogens is 7. The Morgan fingerprint density at radius 3 is 0.945 bits per heavy atom. The van der Waals surface area contributed by atoms with Crippen molar-refractivity contribution in [2.75, 3.05) is 32.8 Å². The Morgan fingerprint density at radius 2 is 0.680 bits per heavy atom. The summed E-state index contributed by atoms with van der Waals surface area (Å²) in [7, 11) is 0. The summed E-state index contributed by atoms with van der Waals surface area (Å²) in [6.45, 7) is 34.7. The molecule has 0 amide bonds. The molecule has 16 saturated carbocycles. The fourth-order valence-electron chi connectivity index (χ4n) is 23.9. The number of carbonyl (C=O) groups excluding carboxylic acids is 6. The van der Waals surface area contributed by atoms with E-state index in [4.69, 9.17) is 37.9 Å². The highest BCUT2D eigenvalue weighted by Crippen LogP contribution is 2.62. The van der Waals surface area contributed by atoms with Crippen LogP contribution in [-0.2, 0) is 71.8 Å². The molecule has 0 spiro atoms. The van der Waals surface area contributed by atoms with E-state index in [1.807, 2.05) is 48.5 Å². The molecule has 6 aromatic rings. The topological polar surface area (TPSA) is 181 Å². The van der Waals surface area contributed by atoms with E-state index in [1.54, 1.807) is 4.90 Å². The first-order valence-corrected chi connectivity index (χ1v) is 51.3. The second-order valence-electron chi connectivity index (χ2n) is 42.1. The summed E-state index contributed by atoms with van der Waals surface area (Å²) in [4.78, 5) is 73.8. The Labute approximate surface area is 783 Å². The molecule has 16 bridgehead atoms. The van der Waals surface area contributed by atoms with Crippen LogP contribution in [0.2, 0.25) is 0 Å². The van der Waals surface area contributed by atoms with Crippen molar-refractivity contribution in [1.82, 2.24) is 0 Å². The van der Waals surface area contributed by atoms with Crippen LogP contribution in [0.3, 0.4) is 0 Å². The highest BCUT2D eigenvalue weighted by molar-refractivity contribution is 5.87. The number of rotatable bonds is 25. The molecule has 128 heavy (non-hydrogen) atoms. The molecule has 22 rings (SSSR count). The highest BCUT2D eigenvalue weighted by atomic mass is 127. The Morgan fingerprint density at radius 1 is 0.383 bits per heavy atom. The van der Waals surface area contributed by atoms with Crippen LogP contribution in [0.4, 0.5) is 17.6 Å². The van der Waals surface area contributed by atoms with Crippen molar-refractivity contribution < 1.29 is 144 Å². The molecular weight excluding hydrogens is 1880 g/mol. The van der Waals surface area contributed by atoms with Crippen molar-refractivity contribution in [3.63, 3.8) is 0 Å². The number of hydrogen-bond donors (Lipinski definition) is 1. The minimum Gasteiger partial charge on any atom is -1.00 e. The first-order valence-electron chi connectivity index (χ1n) is 47.0. The van der Waals surface area contributed by atoms with Crippen LogP contribution in [0, 0.1) is 111 Å². The van der Waals surface area contributed by atoms with Crippen LogP contribution in [0.5, 0.6) is 23.0 Å². The Kier molecular flexibility index (Phi) is 31.3. The Balaban J connectivity index is 0.000000151. The largest absolute Gasteiger partial charge is 1.00 e. The van der Waals surface area contributed by atoms with Crippen LogP contribution < -0.4 is 78.7 Å². The molecule has 0 radical (unpaired) electrons. The minimum atomic E-state index is -3.45. The van der Waals surface area contributed by atoms with Gasteiger partial charge in [0.2, 0.25) is 0 Å². The van der Waals surface area contributed by atoms with E-state index in [2.05, 4.69) is 175 Å². The number of nitrogens with one attached hydrogen (secondary N) is 1. The molecule has 16 aliphatic carbocycles. The molecule has 1 N–H and O–H groups in total. The number of hydrogen-bond acceptors (Lipinski definition) is 14. The molecule has 4 unspecified atom stereocenters.